The maximum atomic E-state index is 13.5. The quantitative estimate of drug-likeness (QED) is 0.545. The number of rotatable bonds is 4. The number of fused-ring (bicyclic) bond motifs is 1. The van der Waals surface area contributed by atoms with Crippen molar-refractivity contribution in [1.29, 1.82) is 0 Å². The number of amides is 1. The van der Waals surface area contributed by atoms with E-state index in [1.54, 1.807) is 12.4 Å². The van der Waals surface area contributed by atoms with E-state index in [1.807, 2.05) is 59.5 Å². The van der Waals surface area contributed by atoms with Crippen LogP contribution in [0.15, 0.2) is 67.0 Å². The summed E-state index contributed by atoms with van der Waals surface area (Å²) in [4.78, 5) is 19.9. The molecule has 31 heavy (non-hydrogen) atoms. The predicted molar refractivity (Wildman–Crippen MR) is 118 cm³/mol. The number of carbonyl (C=O) groups excluding carboxylic acids is 1. The van der Waals surface area contributed by atoms with Gasteiger partial charge >= 0.3 is 0 Å². The Hall–Kier alpha value is -3.74. The maximum absolute atomic E-state index is 13.5. The summed E-state index contributed by atoms with van der Waals surface area (Å²) in [6.07, 6.45) is 5.03. The molecule has 3 heterocycles. The molecule has 1 saturated heterocycles. The Bertz CT molecular complexity index is 1200. The summed E-state index contributed by atoms with van der Waals surface area (Å²) < 4.78 is 6.30. The normalized spacial score (nSPS) is 18.8. The summed E-state index contributed by atoms with van der Waals surface area (Å²) in [5.41, 5.74) is 2.15. The van der Waals surface area contributed by atoms with Crippen molar-refractivity contribution in [3.8, 4) is 17.1 Å². The highest BCUT2D eigenvalue weighted by atomic mass is 16.5. The van der Waals surface area contributed by atoms with Crippen LogP contribution in [0.2, 0.25) is 0 Å². The van der Waals surface area contributed by atoms with Crippen LogP contribution in [0, 0.1) is 0 Å². The van der Waals surface area contributed by atoms with Gasteiger partial charge in [-0.25, -0.2) is 4.98 Å². The number of nitrogens with zero attached hydrogens (tertiary/aromatic N) is 4. The number of carbonyl (C=O) groups is 1. The van der Waals surface area contributed by atoms with E-state index in [1.165, 1.54) is 0 Å². The number of aromatic nitrogens is 4. The Morgan fingerprint density at radius 3 is 2.81 bits per heavy atom. The van der Waals surface area contributed by atoms with E-state index in [2.05, 4.69) is 27.3 Å². The molecule has 0 radical (unpaired) electrons. The zero-order chi connectivity index (χ0) is 21.2. The number of hydrogen-bond acceptors (Lipinski definition) is 5. The summed E-state index contributed by atoms with van der Waals surface area (Å²) in [5, 5.41) is 12.6. The minimum atomic E-state index is -0.112. The van der Waals surface area contributed by atoms with Crippen LogP contribution in [0.1, 0.15) is 30.1 Å². The molecule has 2 unspecified atom stereocenters. The van der Waals surface area contributed by atoms with Gasteiger partial charge in [0.25, 0.3) is 5.91 Å². The van der Waals surface area contributed by atoms with Crippen LogP contribution in [-0.2, 0) is 0 Å². The Labute approximate surface area is 180 Å². The molecule has 0 bridgehead atoms. The SMILES string of the molecule is CC1CCC(Oc2nccc3ccccc23)CN1C(=O)c1ccccc1-c1cnn[nH]1. The Morgan fingerprint density at radius 1 is 1.10 bits per heavy atom. The van der Waals surface area contributed by atoms with Crippen molar-refractivity contribution in [3.63, 3.8) is 0 Å². The first-order valence-electron chi connectivity index (χ1n) is 10.5. The lowest BCUT2D eigenvalue weighted by molar-refractivity contribution is 0.0378. The van der Waals surface area contributed by atoms with Gasteiger partial charge in [-0.15, -0.1) is 5.10 Å². The van der Waals surface area contributed by atoms with Gasteiger partial charge < -0.3 is 9.64 Å². The van der Waals surface area contributed by atoms with Crippen molar-refractivity contribution in [2.24, 2.45) is 0 Å². The van der Waals surface area contributed by atoms with Gasteiger partial charge in [0.05, 0.1) is 18.4 Å². The van der Waals surface area contributed by atoms with Crippen molar-refractivity contribution in [2.45, 2.75) is 31.9 Å². The van der Waals surface area contributed by atoms with Crippen LogP contribution in [0.3, 0.4) is 0 Å². The number of likely N-dealkylation sites (tertiary alicyclic amines) is 1. The first kappa shape index (κ1) is 19.2. The average molecular weight is 413 g/mol. The Morgan fingerprint density at radius 2 is 1.94 bits per heavy atom. The van der Waals surface area contributed by atoms with Crippen molar-refractivity contribution >= 4 is 16.7 Å². The van der Waals surface area contributed by atoms with Crippen LogP contribution in [0.5, 0.6) is 5.88 Å². The van der Waals surface area contributed by atoms with Gasteiger partial charge in [0.15, 0.2) is 0 Å². The van der Waals surface area contributed by atoms with E-state index < -0.39 is 0 Å². The molecule has 1 aliphatic rings. The number of piperidine rings is 1. The molecule has 2 aromatic heterocycles. The second kappa shape index (κ2) is 8.18. The highest BCUT2D eigenvalue weighted by Gasteiger charge is 2.32. The number of nitrogens with one attached hydrogen (secondary N) is 1. The minimum absolute atomic E-state index is 0.0168. The number of pyridine rings is 1. The molecule has 4 aromatic rings. The van der Waals surface area contributed by atoms with Crippen molar-refractivity contribution in [2.75, 3.05) is 6.54 Å². The summed E-state index contributed by atoms with van der Waals surface area (Å²) in [7, 11) is 0. The van der Waals surface area contributed by atoms with Crippen LogP contribution < -0.4 is 4.74 Å². The van der Waals surface area contributed by atoms with Crippen molar-refractivity contribution in [3.05, 3.63) is 72.6 Å². The first-order valence-corrected chi connectivity index (χ1v) is 10.5. The second-order valence-corrected chi connectivity index (χ2v) is 7.88. The van der Waals surface area contributed by atoms with Crippen molar-refractivity contribution < 1.29 is 9.53 Å². The lowest BCUT2D eigenvalue weighted by Crippen LogP contribution is -2.49. The molecular formula is C24H23N5O2. The molecule has 156 valence electrons. The van der Waals surface area contributed by atoms with Gasteiger partial charge in [-0.3, -0.25) is 9.89 Å². The largest absolute Gasteiger partial charge is 0.472 e. The van der Waals surface area contributed by atoms with Crippen LogP contribution in [-0.4, -0.2) is 49.9 Å². The second-order valence-electron chi connectivity index (χ2n) is 7.88. The standard InChI is InChI=1S/C24H23N5O2/c1-16-10-11-18(31-23-19-7-3-2-6-17(19)12-13-25-23)15-29(16)24(30)21-9-5-4-8-20(21)22-14-26-28-27-22/h2-9,12-14,16,18H,10-11,15H2,1H3,(H,26,27,28). The summed E-state index contributed by atoms with van der Waals surface area (Å²) in [6.45, 7) is 2.60. The number of H-pyrrole nitrogens is 1. The lowest BCUT2D eigenvalue weighted by Gasteiger charge is -2.38. The van der Waals surface area contributed by atoms with Gasteiger partial charge in [0.1, 0.15) is 6.10 Å². The zero-order valence-electron chi connectivity index (χ0n) is 17.2. The van der Waals surface area contributed by atoms with E-state index in [4.69, 9.17) is 4.74 Å². The molecule has 1 amide bonds. The fourth-order valence-electron chi connectivity index (χ4n) is 4.18. The molecule has 0 aliphatic carbocycles. The van der Waals surface area contributed by atoms with E-state index in [9.17, 15) is 4.79 Å². The molecule has 2 atom stereocenters. The number of hydrogen-bond donors (Lipinski definition) is 1. The van der Waals surface area contributed by atoms with Gasteiger partial charge in [-0.1, -0.05) is 41.6 Å². The van der Waals surface area contributed by atoms with Crippen LogP contribution >= 0.6 is 0 Å². The molecule has 7 nitrogen and oxygen atoms in total. The molecule has 1 fully saturated rings. The average Bonchev–Trinajstić information content (AvgIpc) is 3.35. The highest BCUT2D eigenvalue weighted by Crippen LogP contribution is 2.29. The van der Waals surface area contributed by atoms with E-state index >= 15 is 0 Å². The third-order valence-corrected chi connectivity index (χ3v) is 5.88. The molecule has 5 rings (SSSR count). The van der Waals surface area contributed by atoms with Gasteiger partial charge in [-0.2, -0.15) is 0 Å². The zero-order valence-corrected chi connectivity index (χ0v) is 17.2. The minimum Gasteiger partial charge on any atom is -0.472 e. The third-order valence-electron chi connectivity index (χ3n) is 5.88. The monoisotopic (exact) mass is 413 g/mol. The molecular weight excluding hydrogens is 390 g/mol. The molecule has 0 saturated carbocycles. The molecule has 7 heteroatoms. The number of benzene rings is 2. The lowest BCUT2D eigenvalue weighted by atomic mass is 9.97. The summed E-state index contributed by atoms with van der Waals surface area (Å²) in [5.74, 6) is 0.603. The van der Waals surface area contributed by atoms with Crippen LogP contribution in [0.25, 0.3) is 22.0 Å². The summed E-state index contributed by atoms with van der Waals surface area (Å²) >= 11 is 0. The third kappa shape index (κ3) is 3.74. The van der Waals surface area contributed by atoms with Crippen molar-refractivity contribution in [1.82, 2.24) is 25.3 Å². The topological polar surface area (TPSA) is 84.0 Å². The van der Waals surface area contributed by atoms with Gasteiger partial charge in [0, 0.05) is 28.8 Å². The first-order chi connectivity index (χ1) is 15.2. The van der Waals surface area contributed by atoms with Crippen LogP contribution in [0.4, 0.5) is 0 Å². The van der Waals surface area contributed by atoms with Gasteiger partial charge in [-0.05, 0) is 43.4 Å². The number of ether oxygens (including phenoxy) is 1. The smallest absolute Gasteiger partial charge is 0.254 e. The highest BCUT2D eigenvalue weighted by molar-refractivity contribution is 6.00. The summed E-state index contributed by atoms with van der Waals surface area (Å²) in [6, 6.07) is 17.7. The Kier molecular flexibility index (Phi) is 5.08. The van der Waals surface area contributed by atoms with E-state index in [0.29, 0.717) is 18.0 Å². The molecule has 1 N–H and O–H groups in total. The van der Waals surface area contributed by atoms with Gasteiger partial charge in [0.2, 0.25) is 5.88 Å². The Balaban J connectivity index is 1.40. The maximum Gasteiger partial charge on any atom is 0.254 e. The van der Waals surface area contributed by atoms with E-state index in [-0.39, 0.29) is 18.1 Å². The van der Waals surface area contributed by atoms with E-state index in [0.717, 1.165) is 34.9 Å². The molecule has 0 spiro atoms. The fraction of sp³-hybridized carbons (Fsp3) is 0.250. The fourth-order valence-corrected chi connectivity index (χ4v) is 4.18. The molecule has 1 aliphatic heterocycles. The predicted octanol–water partition coefficient (Wildman–Crippen LogP) is 4.09. The number of aromatic amines is 1. The molecule has 2 aromatic carbocycles.